The number of hydrogen-bond acceptors (Lipinski definition) is 4. The van der Waals surface area contributed by atoms with Crippen molar-refractivity contribution in [3.05, 3.63) is 70.7 Å². The van der Waals surface area contributed by atoms with E-state index in [0.717, 1.165) is 40.7 Å². The SMILES string of the molecule is COc1ccc(-c2cccc(S(=O)(=O)C(C)=CCCC(C)=CC(=O)O)c2)cc1C12CC3CC(CC(C3)C1)C2. The maximum Gasteiger partial charge on any atom is 0.328 e. The molecule has 6 heteroatoms. The highest BCUT2D eigenvalue weighted by molar-refractivity contribution is 7.95. The Morgan fingerprint density at radius 2 is 1.63 bits per heavy atom. The van der Waals surface area contributed by atoms with Crippen molar-refractivity contribution < 1.29 is 23.1 Å². The van der Waals surface area contributed by atoms with Gasteiger partial charge in [-0.2, -0.15) is 0 Å². The molecule has 0 saturated heterocycles. The molecule has 4 fully saturated rings. The summed E-state index contributed by atoms with van der Waals surface area (Å²) in [6.45, 7) is 3.35. The lowest BCUT2D eigenvalue weighted by atomic mass is 9.48. The number of rotatable bonds is 9. The topological polar surface area (TPSA) is 80.7 Å². The van der Waals surface area contributed by atoms with Gasteiger partial charge in [0.05, 0.1) is 12.0 Å². The van der Waals surface area contributed by atoms with Crippen molar-refractivity contribution in [2.24, 2.45) is 17.8 Å². The van der Waals surface area contributed by atoms with Crippen molar-refractivity contribution in [3.8, 4) is 16.9 Å². The number of ether oxygens (including phenoxy) is 1. The van der Waals surface area contributed by atoms with Gasteiger partial charge in [0, 0.05) is 16.5 Å². The van der Waals surface area contributed by atoms with Crippen molar-refractivity contribution >= 4 is 15.8 Å². The van der Waals surface area contributed by atoms with Gasteiger partial charge >= 0.3 is 5.97 Å². The minimum absolute atomic E-state index is 0.173. The second-order valence-electron chi connectivity index (χ2n) is 11.8. The summed E-state index contributed by atoms with van der Waals surface area (Å²) in [7, 11) is -1.90. The fourth-order valence-corrected chi connectivity index (χ4v) is 8.92. The summed E-state index contributed by atoms with van der Waals surface area (Å²) in [5.74, 6) is 2.42. The second-order valence-corrected chi connectivity index (χ2v) is 13.9. The molecule has 6 rings (SSSR count). The molecule has 0 spiro atoms. The Bertz CT molecular complexity index is 1360. The molecule has 202 valence electrons. The summed E-state index contributed by atoms with van der Waals surface area (Å²) >= 11 is 0. The zero-order valence-electron chi connectivity index (χ0n) is 22.6. The van der Waals surface area contributed by atoms with E-state index >= 15 is 0 Å². The molecule has 0 atom stereocenters. The molecule has 0 unspecified atom stereocenters. The van der Waals surface area contributed by atoms with Crippen LogP contribution >= 0.6 is 0 Å². The number of sulfone groups is 1. The molecule has 2 aromatic rings. The van der Waals surface area contributed by atoms with Crippen molar-refractivity contribution in [3.63, 3.8) is 0 Å². The molecule has 1 N–H and O–H groups in total. The zero-order valence-corrected chi connectivity index (χ0v) is 23.4. The minimum Gasteiger partial charge on any atom is -0.496 e. The number of benzene rings is 2. The normalized spacial score (nSPS) is 27.0. The van der Waals surface area contributed by atoms with Crippen LogP contribution in [0.5, 0.6) is 5.75 Å². The van der Waals surface area contributed by atoms with Gasteiger partial charge in [-0.05, 0) is 124 Å². The third kappa shape index (κ3) is 5.20. The van der Waals surface area contributed by atoms with E-state index in [-0.39, 0.29) is 15.2 Å². The van der Waals surface area contributed by atoms with Crippen molar-refractivity contribution in [1.82, 2.24) is 0 Å². The van der Waals surface area contributed by atoms with Gasteiger partial charge in [0.25, 0.3) is 0 Å². The predicted octanol–water partition coefficient (Wildman–Crippen LogP) is 7.32. The Balaban J connectivity index is 1.43. The average molecular weight is 535 g/mol. The molecule has 5 nitrogen and oxygen atoms in total. The summed E-state index contributed by atoms with van der Waals surface area (Å²) < 4.78 is 32.6. The van der Waals surface area contributed by atoms with E-state index in [1.165, 1.54) is 44.1 Å². The summed E-state index contributed by atoms with van der Waals surface area (Å²) in [4.78, 5) is 11.4. The quantitative estimate of drug-likeness (QED) is 0.341. The Morgan fingerprint density at radius 3 is 2.24 bits per heavy atom. The summed E-state index contributed by atoms with van der Waals surface area (Å²) in [6, 6.07) is 13.6. The summed E-state index contributed by atoms with van der Waals surface area (Å²) in [5, 5.41) is 8.87. The lowest BCUT2D eigenvalue weighted by Crippen LogP contribution is -2.48. The molecule has 0 amide bonds. The number of aliphatic carboxylic acids is 1. The van der Waals surface area contributed by atoms with E-state index in [1.807, 2.05) is 18.2 Å². The van der Waals surface area contributed by atoms with Gasteiger partial charge in [0.2, 0.25) is 9.84 Å². The molecular formula is C32H38O5S. The van der Waals surface area contributed by atoms with Crippen molar-refractivity contribution in [2.75, 3.05) is 7.11 Å². The van der Waals surface area contributed by atoms with E-state index < -0.39 is 15.8 Å². The van der Waals surface area contributed by atoms with Crippen LogP contribution in [-0.2, 0) is 20.0 Å². The van der Waals surface area contributed by atoms with Crippen molar-refractivity contribution in [1.29, 1.82) is 0 Å². The van der Waals surface area contributed by atoms with Gasteiger partial charge in [-0.1, -0.05) is 29.8 Å². The molecule has 38 heavy (non-hydrogen) atoms. The largest absolute Gasteiger partial charge is 0.496 e. The number of allylic oxidation sites excluding steroid dienone is 3. The van der Waals surface area contributed by atoms with Crippen LogP contribution in [-0.4, -0.2) is 26.6 Å². The lowest BCUT2D eigenvalue weighted by Gasteiger charge is -2.57. The molecule has 2 aromatic carbocycles. The molecule has 4 bridgehead atoms. The Morgan fingerprint density at radius 1 is 1.00 bits per heavy atom. The Kier molecular flexibility index (Phi) is 7.29. The molecule has 0 heterocycles. The van der Waals surface area contributed by atoms with Gasteiger partial charge in [-0.15, -0.1) is 0 Å². The van der Waals surface area contributed by atoms with Crippen molar-refractivity contribution in [2.45, 2.75) is 75.5 Å². The van der Waals surface area contributed by atoms with E-state index in [4.69, 9.17) is 9.84 Å². The fourth-order valence-electron chi connectivity index (χ4n) is 7.67. The van der Waals surface area contributed by atoms with E-state index in [2.05, 4.69) is 12.1 Å². The van der Waals surface area contributed by atoms with Gasteiger partial charge in [0.15, 0.2) is 0 Å². The summed E-state index contributed by atoms with van der Waals surface area (Å²) in [5.41, 5.74) is 4.07. The van der Waals surface area contributed by atoms with Crippen LogP contribution in [0.25, 0.3) is 11.1 Å². The monoisotopic (exact) mass is 534 g/mol. The average Bonchev–Trinajstić information content (AvgIpc) is 2.87. The van der Waals surface area contributed by atoms with Crippen LogP contribution in [0, 0.1) is 17.8 Å². The van der Waals surface area contributed by atoms with Gasteiger partial charge in [-0.3, -0.25) is 0 Å². The molecule has 0 radical (unpaired) electrons. The minimum atomic E-state index is -3.65. The predicted molar refractivity (Wildman–Crippen MR) is 150 cm³/mol. The maximum atomic E-state index is 13.4. The number of carboxylic acids is 1. The maximum absolute atomic E-state index is 13.4. The van der Waals surface area contributed by atoms with Crippen LogP contribution < -0.4 is 4.74 Å². The second kappa shape index (κ2) is 10.4. The van der Waals surface area contributed by atoms with Gasteiger partial charge in [-0.25, -0.2) is 13.2 Å². The first-order valence-electron chi connectivity index (χ1n) is 13.7. The first-order valence-corrected chi connectivity index (χ1v) is 15.2. The molecule has 4 saturated carbocycles. The van der Waals surface area contributed by atoms with Crippen LogP contribution in [0.2, 0.25) is 0 Å². The lowest BCUT2D eigenvalue weighted by molar-refractivity contribution is -0.131. The summed E-state index contributed by atoms with van der Waals surface area (Å²) in [6.07, 6.45) is 11.6. The fraction of sp³-hybridized carbons (Fsp3) is 0.469. The Labute approximate surface area is 226 Å². The molecular weight excluding hydrogens is 496 g/mol. The third-order valence-corrected chi connectivity index (χ3v) is 10.9. The van der Waals surface area contributed by atoms with Crippen LogP contribution in [0.15, 0.2) is 70.0 Å². The van der Waals surface area contributed by atoms with Gasteiger partial charge in [0.1, 0.15) is 5.75 Å². The first-order chi connectivity index (χ1) is 18.1. The molecule has 0 aliphatic heterocycles. The highest BCUT2D eigenvalue weighted by Gasteiger charge is 2.52. The number of methoxy groups -OCH3 is 1. The molecule has 4 aliphatic carbocycles. The first kappa shape index (κ1) is 26.7. The molecule has 0 aromatic heterocycles. The van der Waals surface area contributed by atoms with Crippen LogP contribution in [0.1, 0.15) is 70.8 Å². The molecule has 4 aliphatic rings. The number of carbonyl (C=O) groups is 1. The van der Waals surface area contributed by atoms with E-state index in [9.17, 15) is 13.2 Å². The van der Waals surface area contributed by atoms with Gasteiger partial charge < -0.3 is 9.84 Å². The number of hydrogen-bond donors (Lipinski definition) is 1. The third-order valence-electron chi connectivity index (χ3n) is 9.05. The highest BCUT2D eigenvalue weighted by atomic mass is 32.2. The van der Waals surface area contributed by atoms with Crippen LogP contribution in [0.4, 0.5) is 0 Å². The number of carboxylic acid groups (broad SMARTS) is 1. The highest BCUT2D eigenvalue weighted by Crippen LogP contribution is 2.62. The zero-order chi connectivity index (χ0) is 27.1. The van der Waals surface area contributed by atoms with Crippen LogP contribution in [0.3, 0.4) is 0 Å². The van der Waals surface area contributed by atoms with E-state index in [0.29, 0.717) is 18.4 Å². The smallest absolute Gasteiger partial charge is 0.328 e. The standard InChI is InChI=1S/C32H38O5S/c1-21(12-31(33)34)6-4-7-22(2)38(35,36)28-9-5-8-26(16-28)27-10-11-30(37-3)29(17-27)32-18-23-13-24(19-32)15-25(14-23)20-32/h5,7-12,16-17,23-25H,4,6,13-15,18-20H2,1-3H3,(H,33,34). The van der Waals surface area contributed by atoms with E-state index in [1.54, 1.807) is 39.2 Å². The Hall–Kier alpha value is -2.86.